The van der Waals surface area contributed by atoms with Gasteiger partial charge in [0.2, 0.25) is 0 Å². The summed E-state index contributed by atoms with van der Waals surface area (Å²) in [4.78, 5) is 15.6. The number of hydrogen-bond acceptors (Lipinski definition) is 3. The summed E-state index contributed by atoms with van der Waals surface area (Å²) in [7, 11) is 4.19. The molecule has 0 amide bonds. The Morgan fingerprint density at radius 3 is 2.41 bits per heavy atom. The van der Waals surface area contributed by atoms with Crippen LogP contribution in [-0.4, -0.2) is 61.2 Å². The molecule has 0 bridgehead atoms. The smallest absolute Gasteiger partial charge is 0.310 e. The van der Waals surface area contributed by atoms with Gasteiger partial charge in [-0.25, -0.2) is 0 Å². The highest BCUT2D eigenvalue weighted by Gasteiger charge is 2.29. The number of nitrogens with zero attached hydrogens (tertiary/aromatic N) is 2. The molecule has 1 rings (SSSR count). The molecule has 1 aliphatic rings. The van der Waals surface area contributed by atoms with Crippen molar-refractivity contribution in [2.45, 2.75) is 26.7 Å². The number of rotatable bonds is 5. The molecule has 1 saturated heterocycles. The number of hydrogen-bond donors (Lipinski definition) is 1. The summed E-state index contributed by atoms with van der Waals surface area (Å²) in [5.41, 5.74) is -0.653. The normalized spacial score (nSPS) is 19.8. The van der Waals surface area contributed by atoms with Crippen molar-refractivity contribution in [3.05, 3.63) is 0 Å². The average molecular weight is 242 g/mol. The van der Waals surface area contributed by atoms with Gasteiger partial charge in [0, 0.05) is 13.1 Å². The molecular formula is C13H26N2O2. The van der Waals surface area contributed by atoms with E-state index in [-0.39, 0.29) is 0 Å². The van der Waals surface area contributed by atoms with Crippen molar-refractivity contribution in [1.29, 1.82) is 0 Å². The molecule has 0 aliphatic carbocycles. The van der Waals surface area contributed by atoms with Crippen molar-refractivity contribution in [1.82, 2.24) is 9.80 Å². The molecule has 4 nitrogen and oxygen atoms in total. The Kier molecular flexibility index (Phi) is 4.95. The van der Waals surface area contributed by atoms with Crippen molar-refractivity contribution < 1.29 is 9.90 Å². The molecule has 0 saturated carbocycles. The van der Waals surface area contributed by atoms with Gasteiger partial charge in [-0.2, -0.15) is 0 Å². The van der Waals surface area contributed by atoms with Gasteiger partial charge in [-0.1, -0.05) is 0 Å². The SMILES string of the molecule is CN1CCC(CN(C)CC(C)(C)C(=O)O)CC1. The van der Waals surface area contributed by atoms with Crippen molar-refractivity contribution in [3.63, 3.8) is 0 Å². The number of likely N-dealkylation sites (tertiary alicyclic amines) is 1. The number of carbonyl (C=O) groups is 1. The Balaban J connectivity index is 2.34. The fourth-order valence-corrected chi connectivity index (χ4v) is 2.49. The summed E-state index contributed by atoms with van der Waals surface area (Å²) in [6.07, 6.45) is 2.46. The Labute approximate surface area is 105 Å². The summed E-state index contributed by atoms with van der Waals surface area (Å²) in [5, 5.41) is 9.10. The molecule has 0 atom stereocenters. The topological polar surface area (TPSA) is 43.8 Å². The fourth-order valence-electron chi connectivity index (χ4n) is 2.49. The molecular weight excluding hydrogens is 216 g/mol. The summed E-state index contributed by atoms with van der Waals surface area (Å²) < 4.78 is 0. The lowest BCUT2D eigenvalue weighted by molar-refractivity contribution is -0.147. The first-order chi connectivity index (χ1) is 7.81. The van der Waals surface area contributed by atoms with Crippen LogP contribution in [0.15, 0.2) is 0 Å². The zero-order valence-electron chi connectivity index (χ0n) is 11.6. The number of aliphatic carboxylic acids is 1. The maximum absolute atomic E-state index is 11.1. The molecule has 0 unspecified atom stereocenters. The number of piperidine rings is 1. The van der Waals surface area contributed by atoms with Crippen molar-refractivity contribution in [2.75, 3.05) is 40.3 Å². The first-order valence-corrected chi connectivity index (χ1v) is 6.42. The largest absolute Gasteiger partial charge is 0.481 e. The van der Waals surface area contributed by atoms with Gasteiger partial charge >= 0.3 is 5.97 Å². The highest BCUT2D eigenvalue weighted by molar-refractivity contribution is 5.73. The van der Waals surface area contributed by atoms with Gasteiger partial charge in [0.25, 0.3) is 0 Å². The van der Waals surface area contributed by atoms with E-state index in [9.17, 15) is 4.79 Å². The van der Waals surface area contributed by atoms with E-state index in [0.717, 1.165) is 12.5 Å². The zero-order valence-corrected chi connectivity index (χ0v) is 11.6. The third-order valence-electron chi connectivity index (χ3n) is 3.65. The molecule has 1 heterocycles. The van der Waals surface area contributed by atoms with Gasteiger partial charge in [-0.15, -0.1) is 0 Å². The van der Waals surface area contributed by atoms with E-state index in [2.05, 4.69) is 16.8 Å². The van der Waals surface area contributed by atoms with E-state index in [1.54, 1.807) is 13.8 Å². The highest BCUT2D eigenvalue weighted by Crippen LogP contribution is 2.20. The van der Waals surface area contributed by atoms with E-state index in [1.807, 2.05) is 7.05 Å². The predicted octanol–water partition coefficient (Wildman–Crippen LogP) is 1.37. The molecule has 4 heteroatoms. The minimum atomic E-state index is -0.715. The quantitative estimate of drug-likeness (QED) is 0.791. The molecule has 0 radical (unpaired) electrons. The van der Waals surface area contributed by atoms with Gasteiger partial charge in [0.15, 0.2) is 0 Å². The lowest BCUT2D eigenvalue weighted by Gasteiger charge is -2.33. The van der Waals surface area contributed by atoms with Gasteiger partial charge in [-0.05, 0) is 59.8 Å². The molecule has 0 spiro atoms. The predicted molar refractivity (Wildman–Crippen MR) is 69.1 cm³/mol. The van der Waals surface area contributed by atoms with Crippen LogP contribution in [0.4, 0.5) is 0 Å². The lowest BCUT2D eigenvalue weighted by Crippen LogP contribution is -2.41. The maximum Gasteiger partial charge on any atom is 0.310 e. The van der Waals surface area contributed by atoms with Crippen LogP contribution in [0.3, 0.4) is 0 Å². The van der Waals surface area contributed by atoms with Crippen LogP contribution in [0.1, 0.15) is 26.7 Å². The van der Waals surface area contributed by atoms with Crippen LogP contribution < -0.4 is 0 Å². The fraction of sp³-hybridized carbons (Fsp3) is 0.923. The van der Waals surface area contributed by atoms with Crippen molar-refractivity contribution in [3.8, 4) is 0 Å². The molecule has 17 heavy (non-hydrogen) atoms. The number of carboxylic acids is 1. The van der Waals surface area contributed by atoms with Crippen LogP contribution in [0, 0.1) is 11.3 Å². The monoisotopic (exact) mass is 242 g/mol. The highest BCUT2D eigenvalue weighted by atomic mass is 16.4. The summed E-state index contributed by atoms with van der Waals surface area (Å²) in [6, 6.07) is 0. The van der Waals surface area contributed by atoms with E-state index >= 15 is 0 Å². The minimum absolute atomic E-state index is 0.620. The second-order valence-corrected chi connectivity index (χ2v) is 6.13. The van der Waals surface area contributed by atoms with Gasteiger partial charge in [0.1, 0.15) is 0 Å². The lowest BCUT2D eigenvalue weighted by atomic mass is 9.91. The Bertz CT molecular complexity index is 258. The Morgan fingerprint density at radius 1 is 1.41 bits per heavy atom. The minimum Gasteiger partial charge on any atom is -0.481 e. The maximum atomic E-state index is 11.1. The van der Waals surface area contributed by atoms with E-state index in [0.29, 0.717) is 6.54 Å². The van der Waals surface area contributed by atoms with Gasteiger partial charge in [0.05, 0.1) is 5.41 Å². The molecule has 0 aromatic carbocycles. The van der Waals surface area contributed by atoms with Crippen LogP contribution in [0.25, 0.3) is 0 Å². The van der Waals surface area contributed by atoms with Crippen molar-refractivity contribution in [2.24, 2.45) is 11.3 Å². The second kappa shape index (κ2) is 5.83. The van der Waals surface area contributed by atoms with E-state index in [4.69, 9.17) is 5.11 Å². The molecule has 1 N–H and O–H groups in total. The molecule has 0 aromatic rings. The summed E-state index contributed by atoms with van der Waals surface area (Å²) in [6.45, 7) is 7.56. The molecule has 0 aromatic heterocycles. The number of carboxylic acid groups (broad SMARTS) is 1. The van der Waals surface area contributed by atoms with Gasteiger partial charge in [-0.3, -0.25) is 4.79 Å². The standard InChI is InChI=1S/C13H26N2O2/c1-13(2,12(16)17)10-15(4)9-11-5-7-14(3)8-6-11/h11H,5-10H2,1-4H3,(H,16,17). The van der Waals surface area contributed by atoms with Crippen LogP contribution in [0.5, 0.6) is 0 Å². The zero-order chi connectivity index (χ0) is 13.1. The van der Waals surface area contributed by atoms with E-state index in [1.165, 1.54) is 25.9 Å². The van der Waals surface area contributed by atoms with E-state index < -0.39 is 11.4 Å². The summed E-state index contributed by atoms with van der Waals surface area (Å²) in [5.74, 6) is 0.00789. The second-order valence-electron chi connectivity index (χ2n) is 6.13. The molecule has 1 fully saturated rings. The summed E-state index contributed by atoms with van der Waals surface area (Å²) >= 11 is 0. The average Bonchev–Trinajstić information content (AvgIpc) is 2.20. The third-order valence-corrected chi connectivity index (χ3v) is 3.65. The van der Waals surface area contributed by atoms with Gasteiger partial charge < -0.3 is 14.9 Å². The van der Waals surface area contributed by atoms with Crippen LogP contribution in [-0.2, 0) is 4.79 Å². The molecule has 100 valence electrons. The first kappa shape index (κ1) is 14.5. The third kappa shape index (κ3) is 4.64. The van der Waals surface area contributed by atoms with Crippen LogP contribution in [0.2, 0.25) is 0 Å². The van der Waals surface area contributed by atoms with Crippen LogP contribution >= 0.6 is 0 Å². The Hall–Kier alpha value is -0.610. The molecule has 1 aliphatic heterocycles. The Morgan fingerprint density at radius 2 is 1.94 bits per heavy atom. The first-order valence-electron chi connectivity index (χ1n) is 6.42. The van der Waals surface area contributed by atoms with Crippen molar-refractivity contribution >= 4 is 5.97 Å².